The quantitative estimate of drug-likeness (QED) is 0.857. The van der Waals surface area contributed by atoms with Gasteiger partial charge in [-0.15, -0.1) is 0 Å². The van der Waals surface area contributed by atoms with E-state index in [2.05, 4.69) is 35.0 Å². The highest BCUT2D eigenvalue weighted by Gasteiger charge is 2.43. The number of hydrogen-bond acceptors (Lipinski definition) is 3. The molecule has 0 spiro atoms. The Bertz CT molecular complexity index is 571. The fourth-order valence-electron chi connectivity index (χ4n) is 3.62. The molecule has 1 N–H and O–H groups in total. The third-order valence-electron chi connectivity index (χ3n) is 5.45. The highest BCUT2D eigenvalue weighted by atomic mass is 35.5. The van der Waals surface area contributed by atoms with E-state index in [1.165, 1.54) is 5.56 Å². The number of amides is 1. The number of benzene rings is 1. The zero-order valence-corrected chi connectivity index (χ0v) is 15.4. The third-order valence-corrected chi connectivity index (χ3v) is 5.69. The second-order valence-electron chi connectivity index (χ2n) is 7.07. The average Bonchev–Trinajstić information content (AvgIpc) is 3.40. The van der Waals surface area contributed by atoms with Gasteiger partial charge in [0.05, 0.1) is 0 Å². The van der Waals surface area contributed by atoms with Crippen LogP contribution in [0.3, 0.4) is 0 Å². The summed E-state index contributed by atoms with van der Waals surface area (Å²) in [6.07, 6.45) is 0.940. The zero-order valence-electron chi connectivity index (χ0n) is 14.7. The molecule has 2 aliphatic rings. The molecule has 0 aromatic heterocycles. The average molecular weight is 350 g/mol. The van der Waals surface area contributed by atoms with E-state index in [9.17, 15) is 4.79 Å². The number of carbonyl (C=O) groups excluding carboxylic acids is 1. The second-order valence-corrected chi connectivity index (χ2v) is 7.50. The van der Waals surface area contributed by atoms with Crippen LogP contribution in [0.4, 0.5) is 0 Å². The summed E-state index contributed by atoms with van der Waals surface area (Å²) in [6.45, 7) is 10.8. The molecule has 1 aliphatic carbocycles. The molecule has 1 saturated carbocycles. The summed E-state index contributed by atoms with van der Waals surface area (Å²) < 4.78 is 0. The standard InChI is InChI=1S/C19H28ClN3O/c1-3-22-7-9-23(10-8-22)14(2)13-21-19(24)18-12-17(18)15-5-4-6-16(20)11-15/h4-6,11,14,17-18H,3,7-10,12-13H2,1-2H3,(H,21,24)/t14-,17-,18-/m1/s1. The Labute approximate surface area is 150 Å². The van der Waals surface area contributed by atoms with Crippen molar-refractivity contribution in [2.45, 2.75) is 32.2 Å². The van der Waals surface area contributed by atoms with Crippen LogP contribution < -0.4 is 5.32 Å². The van der Waals surface area contributed by atoms with Crippen molar-refractivity contribution in [3.63, 3.8) is 0 Å². The maximum Gasteiger partial charge on any atom is 0.223 e. The van der Waals surface area contributed by atoms with Crippen molar-refractivity contribution in [3.8, 4) is 0 Å². The molecular weight excluding hydrogens is 322 g/mol. The first-order valence-electron chi connectivity index (χ1n) is 9.08. The number of rotatable bonds is 6. The van der Waals surface area contributed by atoms with Gasteiger partial charge in [-0.2, -0.15) is 0 Å². The minimum absolute atomic E-state index is 0.118. The number of nitrogens with one attached hydrogen (secondary N) is 1. The SMILES string of the molecule is CCN1CCN([C@H](C)CNC(=O)[C@@H]2C[C@@H]2c2cccc(Cl)c2)CC1. The fourth-order valence-corrected chi connectivity index (χ4v) is 3.82. The van der Waals surface area contributed by atoms with Gasteiger partial charge in [0.15, 0.2) is 0 Å². The maximum absolute atomic E-state index is 12.4. The number of carbonyl (C=O) groups is 1. The predicted molar refractivity (Wildman–Crippen MR) is 98.5 cm³/mol. The van der Waals surface area contributed by atoms with E-state index in [0.717, 1.165) is 50.7 Å². The molecule has 132 valence electrons. The van der Waals surface area contributed by atoms with E-state index in [1.54, 1.807) is 0 Å². The van der Waals surface area contributed by atoms with Gasteiger partial charge in [0, 0.05) is 49.7 Å². The van der Waals surface area contributed by atoms with Gasteiger partial charge in [-0.25, -0.2) is 0 Å². The molecule has 1 aromatic rings. The maximum atomic E-state index is 12.4. The van der Waals surface area contributed by atoms with E-state index < -0.39 is 0 Å². The number of nitrogens with zero attached hydrogens (tertiary/aromatic N) is 2. The van der Waals surface area contributed by atoms with Crippen LogP contribution >= 0.6 is 11.6 Å². The molecule has 3 atom stereocenters. The van der Waals surface area contributed by atoms with Crippen LogP contribution in [0.15, 0.2) is 24.3 Å². The topological polar surface area (TPSA) is 35.6 Å². The van der Waals surface area contributed by atoms with E-state index in [4.69, 9.17) is 11.6 Å². The normalized spacial score (nSPS) is 26.1. The predicted octanol–water partition coefficient (Wildman–Crippen LogP) is 2.59. The van der Waals surface area contributed by atoms with Crippen LogP contribution in [0, 0.1) is 5.92 Å². The molecule has 1 heterocycles. The molecule has 1 amide bonds. The van der Waals surface area contributed by atoms with E-state index in [1.807, 2.05) is 18.2 Å². The number of piperazine rings is 1. The summed E-state index contributed by atoms with van der Waals surface area (Å²) in [4.78, 5) is 17.3. The summed E-state index contributed by atoms with van der Waals surface area (Å²) in [7, 11) is 0. The van der Waals surface area contributed by atoms with E-state index in [0.29, 0.717) is 12.0 Å². The van der Waals surface area contributed by atoms with Crippen molar-refractivity contribution in [3.05, 3.63) is 34.9 Å². The van der Waals surface area contributed by atoms with Crippen LogP contribution in [0.2, 0.25) is 5.02 Å². The van der Waals surface area contributed by atoms with Crippen LogP contribution in [0.5, 0.6) is 0 Å². The Morgan fingerprint density at radius 2 is 2.08 bits per heavy atom. The monoisotopic (exact) mass is 349 g/mol. The van der Waals surface area contributed by atoms with Crippen LogP contribution in [0.1, 0.15) is 31.7 Å². The summed E-state index contributed by atoms with van der Waals surface area (Å²) in [5.41, 5.74) is 1.19. The Kier molecular flexibility index (Phi) is 5.80. The summed E-state index contributed by atoms with van der Waals surface area (Å²) in [5, 5.41) is 3.90. The second kappa shape index (κ2) is 7.85. The smallest absolute Gasteiger partial charge is 0.223 e. The molecule has 24 heavy (non-hydrogen) atoms. The Morgan fingerprint density at radius 3 is 2.75 bits per heavy atom. The van der Waals surface area contributed by atoms with Gasteiger partial charge >= 0.3 is 0 Å². The molecule has 3 rings (SSSR count). The zero-order chi connectivity index (χ0) is 17.1. The fraction of sp³-hybridized carbons (Fsp3) is 0.632. The van der Waals surface area contributed by atoms with Gasteiger partial charge in [0.2, 0.25) is 5.91 Å². The highest BCUT2D eigenvalue weighted by Crippen LogP contribution is 2.47. The Balaban J connectivity index is 1.42. The van der Waals surface area contributed by atoms with E-state index >= 15 is 0 Å². The molecular formula is C19H28ClN3O. The number of likely N-dealkylation sites (N-methyl/N-ethyl adjacent to an activating group) is 1. The van der Waals surface area contributed by atoms with Crippen LogP contribution in [0.25, 0.3) is 0 Å². The van der Waals surface area contributed by atoms with Gasteiger partial charge in [0.25, 0.3) is 0 Å². The number of hydrogen-bond donors (Lipinski definition) is 1. The lowest BCUT2D eigenvalue weighted by molar-refractivity contribution is -0.122. The lowest BCUT2D eigenvalue weighted by atomic mass is 10.1. The lowest BCUT2D eigenvalue weighted by Crippen LogP contribution is -2.52. The van der Waals surface area contributed by atoms with Gasteiger partial charge in [-0.05, 0) is 43.5 Å². The first kappa shape index (κ1) is 17.7. The first-order chi connectivity index (χ1) is 11.6. The lowest BCUT2D eigenvalue weighted by Gasteiger charge is -2.37. The highest BCUT2D eigenvalue weighted by molar-refractivity contribution is 6.30. The van der Waals surface area contributed by atoms with Crippen molar-refractivity contribution in [1.29, 1.82) is 0 Å². The summed E-state index contributed by atoms with van der Waals surface area (Å²) >= 11 is 6.04. The van der Waals surface area contributed by atoms with Gasteiger partial charge in [-0.1, -0.05) is 30.7 Å². The molecule has 0 radical (unpaired) electrons. The van der Waals surface area contributed by atoms with Crippen molar-refractivity contribution in [1.82, 2.24) is 15.1 Å². The summed E-state index contributed by atoms with van der Waals surface area (Å²) in [5.74, 6) is 0.652. The molecule has 5 heteroatoms. The minimum Gasteiger partial charge on any atom is -0.354 e. The van der Waals surface area contributed by atoms with E-state index in [-0.39, 0.29) is 11.8 Å². The first-order valence-corrected chi connectivity index (χ1v) is 9.46. The van der Waals surface area contributed by atoms with Gasteiger partial charge in [-0.3, -0.25) is 9.69 Å². The Hall–Kier alpha value is -1.10. The van der Waals surface area contributed by atoms with Crippen molar-refractivity contribution < 1.29 is 4.79 Å². The van der Waals surface area contributed by atoms with Crippen LogP contribution in [-0.2, 0) is 4.79 Å². The largest absolute Gasteiger partial charge is 0.354 e. The van der Waals surface area contributed by atoms with Crippen molar-refractivity contribution in [2.75, 3.05) is 39.3 Å². The molecule has 0 bridgehead atoms. The van der Waals surface area contributed by atoms with Crippen molar-refractivity contribution in [2.24, 2.45) is 5.92 Å². The molecule has 1 aliphatic heterocycles. The summed E-state index contributed by atoms with van der Waals surface area (Å²) in [6, 6.07) is 8.29. The van der Waals surface area contributed by atoms with Gasteiger partial charge in [0.1, 0.15) is 0 Å². The number of halogens is 1. The minimum atomic E-state index is 0.118. The van der Waals surface area contributed by atoms with Crippen molar-refractivity contribution >= 4 is 17.5 Å². The molecule has 2 fully saturated rings. The molecule has 4 nitrogen and oxygen atoms in total. The molecule has 1 aromatic carbocycles. The van der Waals surface area contributed by atoms with Crippen LogP contribution in [-0.4, -0.2) is 61.0 Å². The molecule has 1 saturated heterocycles. The Morgan fingerprint density at radius 1 is 1.33 bits per heavy atom. The molecule has 0 unspecified atom stereocenters. The third kappa shape index (κ3) is 4.29. The van der Waals surface area contributed by atoms with Gasteiger partial charge < -0.3 is 10.2 Å².